The van der Waals surface area contributed by atoms with Gasteiger partial charge in [0.25, 0.3) is 5.56 Å². The van der Waals surface area contributed by atoms with Crippen LogP contribution in [-0.2, 0) is 16.6 Å². The van der Waals surface area contributed by atoms with Crippen LogP contribution in [-0.4, -0.2) is 38.0 Å². The molecule has 3 aromatic rings. The van der Waals surface area contributed by atoms with Crippen LogP contribution >= 0.6 is 0 Å². The second-order valence-electron chi connectivity index (χ2n) is 8.09. The first kappa shape index (κ1) is 22.4. The number of nitrogens with zero attached hydrogens (tertiary/aromatic N) is 1. The maximum absolute atomic E-state index is 13.7. The molecule has 0 spiro atoms. The molecule has 1 aliphatic carbocycles. The molecule has 7 nitrogen and oxygen atoms in total. The standard InChI is InChI=1S/C24H28N2O5S/c1-30-20-8-11-22(12-9-20)32(28,29)26(19-6-4-3-5-7-19)16-18-14-17-15-21(31-2)10-13-23(17)25-24(18)27/h8-15,19H,3-7,16H2,1-2H3,(H,25,27). The van der Waals surface area contributed by atoms with Gasteiger partial charge in [-0.05, 0) is 61.4 Å². The fraction of sp³-hybridized carbons (Fsp3) is 0.375. The summed E-state index contributed by atoms with van der Waals surface area (Å²) in [6.45, 7) is 0.0154. The molecule has 4 rings (SSSR count). The summed E-state index contributed by atoms with van der Waals surface area (Å²) in [5.41, 5.74) is 0.809. The number of H-pyrrole nitrogens is 1. The summed E-state index contributed by atoms with van der Waals surface area (Å²) in [6, 6.07) is 13.4. The maximum Gasteiger partial charge on any atom is 0.252 e. The van der Waals surface area contributed by atoms with Crippen molar-refractivity contribution in [3.05, 3.63) is 64.4 Å². The van der Waals surface area contributed by atoms with Gasteiger partial charge >= 0.3 is 0 Å². The van der Waals surface area contributed by atoms with Crippen molar-refractivity contribution < 1.29 is 17.9 Å². The lowest BCUT2D eigenvalue weighted by Crippen LogP contribution is -2.42. The third kappa shape index (κ3) is 4.52. The SMILES string of the molecule is COc1ccc(S(=O)(=O)N(Cc2cc3cc(OC)ccc3[nH]c2=O)C2CCCCC2)cc1. The van der Waals surface area contributed by atoms with Gasteiger partial charge in [0.15, 0.2) is 0 Å². The molecule has 0 bridgehead atoms. The van der Waals surface area contributed by atoms with Crippen molar-refractivity contribution in [1.29, 1.82) is 0 Å². The first-order valence-corrected chi connectivity index (χ1v) is 12.2. The molecule has 8 heteroatoms. The van der Waals surface area contributed by atoms with Gasteiger partial charge < -0.3 is 14.5 Å². The predicted octanol–water partition coefficient (Wildman–Crippen LogP) is 4.07. The molecular weight excluding hydrogens is 428 g/mol. The van der Waals surface area contributed by atoms with Gasteiger partial charge in [-0.3, -0.25) is 4.79 Å². The summed E-state index contributed by atoms with van der Waals surface area (Å²) in [5.74, 6) is 1.26. The van der Waals surface area contributed by atoms with Gasteiger partial charge in [0.1, 0.15) is 11.5 Å². The van der Waals surface area contributed by atoms with E-state index in [4.69, 9.17) is 9.47 Å². The molecule has 2 aromatic carbocycles. The summed E-state index contributed by atoms with van der Waals surface area (Å²) < 4.78 is 39.3. The first-order valence-electron chi connectivity index (χ1n) is 10.8. The van der Waals surface area contributed by atoms with Gasteiger partial charge in [-0.1, -0.05) is 19.3 Å². The Morgan fingerprint density at radius 2 is 1.59 bits per heavy atom. The number of rotatable bonds is 7. The van der Waals surface area contributed by atoms with Crippen LogP contribution in [0.3, 0.4) is 0 Å². The number of ether oxygens (including phenoxy) is 2. The number of nitrogens with one attached hydrogen (secondary N) is 1. The van der Waals surface area contributed by atoms with Crippen molar-refractivity contribution in [3.63, 3.8) is 0 Å². The van der Waals surface area contributed by atoms with Crippen molar-refractivity contribution in [3.8, 4) is 11.5 Å². The fourth-order valence-electron chi connectivity index (χ4n) is 4.30. The molecular formula is C24H28N2O5S. The summed E-state index contributed by atoms with van der Waals surface area (Å²) in [5, 5.41) is 0.796. The highest BCUT2D eigenvalue weighted by molar-refractivity contribution is 7.89. The van der Waals surface area contributed by atoms with Crippen LogP contribution in [0.5, 0.6) is 11.5 Å². The third-order valence-electron chi connectivity index (χ3n) is 6.10. The molecule has 1 aromatic heterocycles. The van der Waals surface area contributed by atoms with Gasteiger partial charge in [0.2, 0.25) is 10.0 Å². The van der Waals surface area contributed by atoms with E-state index >= 15 is 0 Å². The Bertz CT molecular complexity index is 1250. The quantitative estimate of drug-likeness (QED) is 0.579. The van der Waals surface area contributed by atoms with Crippen LogP contribution in [0, 0.1) is 0 Å². The summed E-state index contributed by atoms with van der Waals surface area (Å²) in [4.78, 5) is 15.9. The monoisotopic (exact) mass is 456 g/mol. The average Bonchev–Trinajstić information content (AvgIpc) is 2.82. The van der Waals surface area contributed by atoms with Crippen molar-refractivity contribution in [2.45, 2.75) is 49.6 Å². The second-order valence-corrected chi connectivity index (χ2v) is 9.99. The van der Waals surface area contributed by atoms with Crippen LogP contribution in [0.2, 0.25) is 0 Å². The van der Waals surface area contributed by atoms with E-state index in [2.05, 4.69) is 4.98 Å². The highest BCUT2D eigenvalue weighted by Crippen LogP contribution is 2.30. The van der Waals surface area contributed by atoms with Crippen LogP contribution in [0.25, 0.3) is 10.9 Å². The Morgan fingerprint density at radius 3 is 2.25 bits per heavy atom. The predicted molar refractivity (Wildman–Crippen MR) is 124 cm³/mol. The van der Waals surface area contributed by atoms with Gasteiger partial charge in [-0.25, -0.2) is 8.42 Å². The van der Waals surface area contributed by atoms with Crippen molar-refractivity contribution in [1.82, 2.24) is 9.29 Å². The Balaban J connectivity index is 1.75. The Kier molecular flexibility index (Phi) is 6.53. The topological polar surface area (TPSA) is 88.7 Å². The number of benzene rings is 2. The van der Waals surface area contributed by atoms with E-state index in [1.54, 1.807) is 56.7 Å². The molecule has 0 aliphatic heterocycles. The third-order valence-corrected chi connectivity index (χ3v) is 8.02. The van der Waals surface area contributed by atoms with E-state index in [0.29, 0.717) is 22.6 Å². The lowest BCUT2D eigenvalue weighted by atomic mass is 9.95. The van der Waals surface area contributed by atoms with Crippen LogP contribution < -0.4 is 15.0 Å². The number of hydrogen-bond acceptors (Lipinski definition) is 5. The summed E-state index contributed by atoms with van der Waals surface area (Å²) in [6.07, 6.45) is 4.63. The average molecular weight is 457 g/mol. The fourth-order valence-corrected chi connectivity index (χ4v) is 5.97. The van der Waals surface area contributed by atoms with Crippen LogP contribution in [0.15, 0.2) is 58.2 Å². The van der Waals surface area contributed by atoms with Crippen molar-refractivity contribution in [2.75, 3.05) is 14.2 Å². The molecule has 0 atom stereocenters. The largest absolute Gasteiger partial charge is 0.497 e. The summed E-state index contributed by atoms with van der Waals surface area (Å²) in [7, 11) is -0.683. The van der Waals surface area contributed by atoms with Gasteiger partial charge in [0.05, 0.1) is 19.1 Å². The highest BCUT2D eigenvalue weighted by Gasteiger charge is 2.33. The second kappa shape index (κ2) is 9.34. The molecule has 1 saturated carbocycles. The zero-order valence-electron chi connectivity index (χ0n) is 18.3. The van der Waals surface area contributed by atoms with Gasteiger partial charge in [-0.15, -0.1) is 0 Å². The molecule has 1 aliphatic rings. The van der Waals surface area contributed by atoms with E-state index in [1.807, 2.05) is 6.07 Å². The maximum atomic E-state index is 13.7. The molecule has 1 heterocycles. The molecule has 1 N–H and O–H groups in total. The molecule has 0 saturated heterocycles. The van der Waals surface area contributed by atoms with Crippen LogP contribution in [0.1, 0.15) is 37.7 Å². The molecule has 0 radical (unpaired) electrons. The number of aromatic nitrogens is 1. The minimum Gasteiger partial charge on any atom is -0.497 e. The van der Waals surface area contributed by atoms with E-state index in [1.165, 1.54) is 4.31 Å². The van der Waals surface area contributed by atoms with E-state index in [-0.39, 0.29) is 23.0 Å². The first-order chi connectivity index (χ1) is 15.4. The number of pyridine rings is 1. The lowest BCUT2D eigenvalue weighted by molar-refractivity contribution is 0.247. The molecule has 0 amide bonds. The minimum absolute atomic E-state index is 0.0154. The minimum atomic E-state index is -3.81. The Hall–Kier alpha value is -2.84. The lowest BCUT2D eigenvalue weighted by Gasteiger charge is -2.33. The molecule has 0 unspecified atom stereocenters. The molecule has 32 heavy (non-hydrogen) atoms. The van der Waals surface area contributed by atoms with Crippen molar-refractivity contribution in [2.24, 2.45) is 0 Å². The molecule has 1 fully saturated rings. The van der Waals surface area contributed by atoms with E-state index in [0.717, 1.165) is 37.5 Å². The zero-order valence-corrected chi connectivity index (χ0v) is 19.2. The smallest absolute Gasteiger partial charge is 0.252 e. The van der Waals surface area contributed by atoms with Gasteiger partial charge in [-0.2, -0.15) is 4.31 Å². The number of sulfonamides is 1. The number of fused-ring (bicyclic) bond motifs is 1. The highest BCUT2D eigenvalue weighted by atomic mass is 32.2. The number of aromatic amines is 1. The van der Waals surface area contributed by atoms with Crippen LogP contribution in [0.4, 0.5) is 0 Å². The van der Waals surface area contributed by atoms with E-state index in [9.17, 15) is 13.2 Å². The van der Waals surface area contributed by atoms with Gasteiger partial charge in [0, 0.05) is 29.1 Å². The Labute approximate surface area is 188 Å². The molecule has 170 valence electrons. The normalized spacial score (nSPS) is 15.2. The number of hydrogen-bond donors (Lipinski definition) is 1. The number of methoxy groups -OCH3 is 2. The zero-order chi connectivity index (χ0) is 22.7. The Morgan fingerprint density at radius 1 is 0.938 bits per heavy atom. The van der Waals surface area contributed by atoms with Crippen molar-refractivity contribution >= 4 is 20.9 Å². The summed E-state index contributed by atoms with van der Waals surface area (Å²) >= 11 is 0. The van der Waals surface area contributed by atoms with E-state index < -0.39 is 10.0 Å².